The van der Waals surface area contributed by atoms with Gasteiger partial charge in [-0.2, -0.15) is 0 Å². The summed E-state index contributed by atoms with van der Waals surface area (Å²) in [6.07, 6.45) is 1.88. The lowest BCUT2D eigenvalue weighted by molar-refractivity contribution is 0.101. The van der Waals surface area contributed by atoms with Gasteiger partial charge < -0.3 is 4.57 Å². The van der Waals surface area contributed by atoms with Gasteiger partial charge in [0.25, 0.3) is 0 Å². The van der Waals surface area contributed by atoms with Crippen molar-refractivity contribution in [3.05, 3.63) is 94.6 Å². The van der Waals surface area contributed by atoms with Crippen LogP contribution in [0.2, 0.25) is 0 Å². The molecule has 3 aromatic carbocycles. The fourth-order valence-corrected chi connectivity index (χ4v) is 6.04. The zero-order chi connectivity index (χ0) is 26.2. The van der Waals surface area contributed by atoms with Crippen LogP contribution in [0.3, 0.4) is 0 Å². The van der Waals surface area contributed by atoms with Gasteiger partial charge in [0.1, 0.15) is 11.3 Å². The van der Waals surface area contributed by atoms with Crippen LogP contribution in [0.5, 0.6) is 0 Å². The molecule has 0 bridgehead atoms. The molecule has 3 heterocycles. The Labute approximate surface area is 217 Å². The number of nitrogens with zero attached hydrogens (tertiary/aromatic N) is 3. The third-order valence-corrected chi connectivity index (χ3v) is 7.93. The van der Waals surface area contributed by atoms with Crippen LogP contribution < -0.4 is 0 Å². The van der Waals surface area contributed by atoms with E-state index in [2.05, 4.69) is 105 Å². The van der Waals surface area contributed by atoms with Gasteiger partial charge in [0, 0.05) is 53.3 Å². The minimum absolute atomic E-state index is 0.0294. The number of ketones is 1. The van der Waals surface area contributed by atoms with Crippen LogP contribution >= 0.6 is 0 Å². The molecule has 0 atom stereocenters. The highest BCUT2D eigenvalue weighted by Crippen LogP contribution is 2.40. The molecule has 0 saturated heterocycles. The van der Waals surface area contributed by atoms with Crippen LogP contribution in [0.25, 0.3) is 49.6 Å². The Morgan fingerprint density at radius 3 is 2.22 bits per heavy atom. The summed E-state index contributed by atoms with van der Waals surface area (Å²) in [6.45, 7) is 12.4. The van der Waals surface area contributed by atoms with Gasteiger partial charge in [-0.1, -0.05) is 42.0 Å². The lowest BCUT2D eigenvalue weighted by atomic mass is 9.90. The summed E-state index contributed by atoms with van der Waals surface area (Å²) < 4.78 is 4.32. The molecule has 0 saturated carbocycles. The van der Waals surface area contributed by atoms with Crippen LogP contribution in [0, 0.1) is 34.6 Å². The fraction of sp³-hybridized carbons (Fsp3) is 0.212. The Morgan fingerprint density at radius 2 is 1.57 bits per heavy atom. The minimum atomic E-state index is -0.0294. The van der Waals surface area contributed by atoms with E-state index >= 15 is 0 Å². The Morgan fingerprint density at radius 1 is 0.838 bits per heavy atom. The first-order chi connectivity index (χ1) is 17.7. The van der Waals surface area contributed by atoms with Crippen molar-refractivity contribution in [2.45, 2.75) is 41.5 Å². The molecule has 3 aromatic heterocycles. The number of rotatable bonds is 3. The highest BCUT2D eigenvalue weighted by atomic mass is 16.1. The molecule has 6 rings (SSSR count). The molecule has 0 aliphatic rings. The lowest BCUT2D eigenvalue weighted by Gasteiger charge is -2.16. The quantitative estimate of drug-likeness (QED) is 0.188. The first-order valence-corrected chi connectivity index (χ1v) is 12.8. The summed E-state index contributed by atoms with van der Waals surface area (Å²) in [6, 6.07) is 19.9. The molecule has 0 N–H and O–H groups in total. The standard InChI is InChI=1S/C33H31N3O/c1-18-13-19(2)31(20(3)14-18)24-11-12-30-28(16-24)32-25(27-15-21(4)35(7)22(27)5)9-8-10-26(32)33-34-29(23(6)37)17-36(30)33/h8-17H,1-7H3. The Kier molecular flexibility index (Phi) is 5.13. The van der Waals surface area contributed by atoms with Crippen molar-refractivity contribution in [3.63, 3.8) is 0 Å². The highest BCUT2D eigenvalue weighted by Gasteiger charge is 2.19. The zero-order valence-electron chi connectivity index (χ0n) is 22.5. The smallest absolute Gasteiger partial charge is 0.179 e. The minimum Gasteiger partial charge on any atom is -0.352 e. The molecule has 0 aliphatic carbocycles. The van der Waals surface area contributed by atoms with Gasteiger partial charge in [0.2, 0.25) is 0 Å². The van der Waals surface area contributed by atoms with E-state index in [1.807, 2.05) is 6.20 Å². The van der Waals surface area contributed by atoms with Crippen LogP contribution in [-0.4, -0.2) is 19.7 Å². The van der Waals surface area contributed by atoms with E-state index in [-0.39, 0.29) is 5.78 Å². The molecule has 0 fully saturated rings. The second-order valence-electron chi connectivity index (χ2n) is 10.5. The van der Waals surface area contributed by atoms with Gasteiger partial charge in [0.15, 0.2) is 5.78 Å². The number of fused-ring (bicyclic) bond motifs is 6. The van der Waals surface area contributed by atoms with Crippen molar-refractivity contribution >= 4 is 33.1 Å². The third kappa shape index (κ3) is 3.43. The van der Waals surface area contributed by atoms with Crippen molar-refractivity contribution in [1.82, 2.24) is 14.0 Å². The largest absolute Gasteiger partial charge is 0.352 e. The van der Waals surface area contributed by atoms with Gasteiger partial charge in [-0.3, -0.25) is 9.20 Å². The van der Waals surface area contributed by atoms with Crippen LogP contribution in [0.4, 0.5) is 0 Å². The fourth-order valence-electron chi connectivity index (χ4n) is 6.04. The summed E-state index contributed by atoms with van der Waals surface area (Å²) in [7, 11) is 2.12. The van der Waals surface area contributed by atoms with Crippen molar-refractivity contribution in [2.24, 2.45) is 7.05 Å². The molecule has 4 nitrogen and oxygen atoms in total. The summed E-state index contributed by atoms with van der Waals surface area (Å²) in [5, 5.41) is 3.37. The molecular weight excluding hydrogens is 454 g/mol. The number of imidazole rings is 1. The van der Waals surface area contributed by atoms with Crippen molar-refractivity contribution in [1.29, 1.82) is 0 Å². The molecule has 37 heavy (non-hydrogen) atoms. The van der Waals surface area contributed by atoms with Gasteiger partial charge in [-0.15, -0.1) is 0 Å². The van der Waals surface area contributed by atoms with Crippen molar-refractivity contribution in [3.8, 4) is 22.3 Å². The second-order valence-corrected chi connectivity index (χ2v) is 10.5. The number of aryl methyl sites for hydroxylation is 4. The van der Waals surface area contributed by atoms with Gasteiger partial charge >= 0.3 is 0 Å². The summed E-state index contributed by atoms with van der Waals surface area (Å²) >= 11 is 0. The molecule has 0 unspecified atom stereocenters. The molecule has 0 spiro atoms. The van der Waals surface area contributed by atoms with Crippen molar-refractivity contribution in [2.75, 3.05) is 0 Å². The molecule has 0 aliphatic heterocycles. The number of Topliss-reactive ketones (excluding diaryl/α,β-unsaturated/α-hetero) is 1. The van der Waals surface area contributed by atoms with E-state index in [4.69, 9.17) is 4.98 Å². The first kappa shape index (κ1) is 23.2. The maximum atomic E-state index is 12.3. The SMILES string of the molecule is CC(=O)c1cn2c3ccc(-c4c(C)cc(C)cc4C)cc3c3c(-c4cc(C)n(C)c4C)cccc3c2n1. The first-order valence-electron chi connectivity index (χ1n) is 12.8. The number of hydrogen-bond acceptors (Lipinski definition) is 2. The Hall–Kier alpha value is -4.18. The third-order valence-electron chi connectivity index (χ3n) is 7.93. The van der Waals surface area contributed by atoms with Gasteiger partial charge in [-0.05, 0) is 80.6 Å². The molecule has 184 valence electrons. The molecule has 0 amide bonds. The van der Waals surface area contributed by atoms with Crippen LogP contribution in [-0.2, 0) is 7.05 Å². The summed E-state index contributed by atoms with van der Waals surface area (Å²) in [4.78, 5) is 17.1. The molecular formula is C33H31N3O. The predicted octanol–water partition coefficient (Wildman–Crippen LogP) is 8.06. The van der Waals surface area contributed by atoms with Crippen LogP contribution in [0.15, 0.2) is 60.8 Å². The van der Waals surface area contributed by atoms with Crippen LogP contribution in [0.1, 0.15) is 45.5 Å². The number of carbonyl (C=O) groups is 1. The number of carbonyl (C=O) groups excluding carboxylic acids is 1. The second kappa shape index (κ2) is 8.17. The Balaban J connectivity index is 1.81. The van der Waals surface area contributed by atoms with E-state index in [0.717, 1.165) is 21.9 Å². The molecule has 4 heteroatoms. The average Bonchev–Trinajstić information content (AvgIpc) is 3.41. The number of aromatic nitrogens is 3. The van der Waals surface area contributed by atoms with Crippen molar-refractivity contribution < 1.29 is 4.79 Å². The monoisotopic (exact) mass is 485 g/mol. The number of pyridine rings is 1. The lowest BCUT2D eigenvalue weighted by Crippen LogP contribution is -1.96. The maximum Gasteiger partial charge on any atom is 0.179 e. The normalized spacial score (nSPS) is 11.8. The maximum absolute atomic E-state index is 12.3. The van der Waals surface area contributed by atoms with E-state index in [9.17, 15) is 4.79 Å². The van der Waals surface area contributed by atoms with E-state index in [1.54, 1.807) is 6.92 Å². The molecule has 0 radical (unpaired) electrons. The van der Waals surface area contributed by atoms with E-state index in [1.165, 1.54) is 55.7 Å². The highest BCUT2D eigenvalue weighted by molar-refractivity contribution is 6.19. The average molecular weight is 486 g/mol. The number of benzene rings is 3. The van der Waals surface area contributed by atoms with Gasteiger partial charge in [0.05, 0.1) is 5.52 Å². The Bertz CT molecular complexity index is 1890. The predicted molar refractivity (Wildman–Crippen MR) is 154 cm³/mol. The van der Waals surface area contributed by atoms with E-state index in [0.29, 0.717) is 5.69 Å². The van der Waals surface area contributed by atoms with Gasteiger partial charge in [-0.25, -0.2) is 4.98 Å². The topological polar surface area (TPSA) is 39.3 Å². The summed E-state index contributed by atoms with van der Waals surface area (Å²) in [5.41, 5.74) is 13.5. The number of hydrogen-bond donors (Lipinski definition) is 0. The van der Waals surface area contributed by atoms with E-state index < -0.39 is 0 Å². The summed E-state index contributed by atoms with van der Waals surface area (Å²) in [5.74, 6) is -0.0294. The zero-order valence-corrected chi connectivity index (χ0v) is 22.5. The molecule has 6 aromatic rings.